The highest BCUT2D eigenvalue weighted by Crippen LogP contribution is 2.31. The van der Waals surface area contributed by atoms with Crippen molar-refractivity contribution in [3.63, 3.8) is 0 Å². The molecule has 0 aliphatic rings. The van der Waals surface area contributed by atoms with E-state index >= 15 is 0 Å². The molecule has 21 heavy (non-hydrogen) atoms. The van der Waals surface area contributed by atoms with E-state index in [9.17, 15) is 9.59 Å². The third-order valence-electron chi connectivity index (χ3n) is 3.01. The Morgan fingerprint density at radius 2 is 2.05 bits per heavy atom. The molecule has 4 nitrogen and oxygen atoms in total. The Hall–Kier alpha value is -1.69. The molecule has 1 aromatic carbocycles. The largest absolute Gasteiger partial charge is 0.292 e. The molecule has 0 aliphatic heterocycles. The monoisotopic (exact) mass is 338 g/mol. The second kappa shape index (κ2) is 5.60. The lowest BCUT2D eigenvalue weighted by Crippen LogP contribution is -2.17. The summed E-state index contributed by atoms with van der Waals surface area (Å²) in [5, 5.41) is 4.54. The van der Waals surface area contributed by atoms with Crippen molar-refractivity contribution in [3.05, 3.63) is 61.0 Å². The fraction of sp³-hybridized carbons (Fsp3) is 0.0714. The Kier molecular flexibility index (Phi) is 3.80. The van der Waals surface area contributed by atoms with Gasteiger partial charge in [0, 0.05) is 5.39 Å². The number of halogens is 2. The number of nitrogens with zero attached hydrogens (tertiary/aromatic N) is 2. The molecule has 3 aromatic rings. The van der Waals surface area contributed by atoms with E-state index in [1.165, 1.54) is 10.9 Å². The predicted molar refractivity (Wildman–Crippen MR) is 84.7 cm³/mol. The van der Waals surface area contributed by atoms with Crippen molar-refractivity contribution in [2.75, 3.05) is 0 Å². The summed E-state index contributed by atoms with van der Waals surface area (Å²) >= 11 is 13.0. The summed E-state index contributed by atoms with van der Waals surface area (Å²) in [5.74, 6) is -0.204. The Morgan fingerprint density at radius 3 is 2.76 bits per heavy atom. The molecule has 0 unspecified atom stereocenters. The molecule has 0 aliphatic carbocycles. The van der Waals surface area contributed by atoms with E-state index in [0.717, 1.165) is 11.3 Å². The molecule has 7 heteroatoms. The molecule has 0 amide bonds. The van der Waals surface area contributed by atoms with Gasteiger partial charge in [0.15, 0.2) is 5.78 Å². The van der Waals surface area contributed by atoms with Gasteiger partial charge in [-0.15, -0.1) is 11.3 Å². The average molecular weight is 339 g/mol. The van der Waals surface area contributed by atoms with Crippen LogP contribution in [0.1, 0.15) is 10.4 Å². The molecule has 2 aromatic heterocycles. The maximum atomic E-state index is 12.3. The fourth-order valence-corrected chi connectivity index (χ4v) is 3.54. The van der Waals surface area contributed by atoms with Gasteiger partial charge in [0.05, 0.1) is 21.6 Å². The first kappa shape index (κ1) is 14.3. The van der Waals surface area contributed by atoms with Gasteiger partial charge in [0.2, 0.25) is 5.43 Å². The number of hydrogen-bond donors (Lipinski definition) is 0. The summed E-state index contributed by atoms with van der Waals surface area (Å²) < 4.78 is 2.30. The Balaban J connectivity index is 2.03. The summed E-state index contributed by atoms with van der Waals surface area (Å²) in [6.45, 7) is -0.00637. The van der Waals surface area contributed by atoms with Gasteiger partial charge in [-0.25, -0.2) is 0 Å². The van der Waals surface area contributed by atoms with Crippen molar-refractivity contribution in [1.82, 2.24) is 9.78 Å². The quantitative estimate of drug-likeness (QED) is 0.685. The Labute approximate surface area is 133 Å². The SMILES string of the molecule is O=C(Cn1ncc(=O)c2ccccc21)c1cc(Cl)sc1Cl. The van der Waals surface area contributed by atoms with Crippen molar-refractivity contribution >= 4 is 51.2 Å². The number of carbonyl (C=O) groups excluding carboxylic acids is 1. The number of aromatic nitrogens is 2. The van der Waals surface area contributed by atoms with Crippen LogP contribution in [0.4, 0.5) is 0 Å². The molecule has 0 radical (unpaired) electrons. The van der Waals surface area contributed by atoms with Crippen molar-refractivity contribution in [2.45, 2.75) is 6.54 Å². The highest BCUT2D eigenvalue weighted by atomic mass is 35.5. The molecule has 0 N–H and O–H groups in total. The third kappa shape index (κ3) is 2.72. The zero-order valence-electron chi connectivity index (χ0n) is 10.5. The standard InChI is InChI=1S/C14H8Cl2N2O2S/c15-13-5-9(14(16)21-13)12(20)7-18-10-4-2-1-3-8(10)11(19)6-17-18/h1-6H,7H2. The molecule has 3 rings (SSSR count). The highest BCUT2D eigenvalue weighted by Gasteiger charge is 2.16. The average Bonchev–Trinajstić information content (AvgIpc) is 2.81. The maximum absolute atomic E-state index is 12.3. The number of rotatable bonds is 3. The van der Waals surface area contributed by atoms with Crippen LogP contribution >= 0.6 is 34.5 Å². The Bertz CT molecular complexity index is 901. The molecular weight excluding hydrogens is 331 g/mol. The lowest BCUT2D eigenvalue weighted by Gasteiger charge is -2.07. The van der Waals surface area contributed by atoms with Gasteiger partial charge in [-0.2, -0.15) is 5.10 Å². The zero-order valence-corrected chi connectivity index (χ0v) is 12.9. The molecule has 106 valence electrons. The number of ketones is 1. The van der Waals surface area contributed by atoms with Crippen molar-refractivity contribution in [3.8, 4) is 0 Å². The molecule has 0 atom stereocenters. The lowest BCUT2D eigenvalue weighted by molar-refractivity contribution is 0.0969. The molecular formula is C14H8Cl2N2O2S. The van der Waals surface area contributed by atoms with Crippen LogP contribution in [0.3, 0.4) is 0 Å². The van der Waals surface area contributed by atoms with Crippen LogP contribution < -0.4 is 5.43 Å². The van der Waals surface area contributed by atoms with Crippen molar-refractivity contribution < 1.29 is 4.79 Å². The second-order valence-electron chi connectivity index (χ2n) is 4.34. The van der Waals surface area contributed by atoms with Gasteiger partial charge in [0.1, 0.15) is 10.9 Å². The van der Waals surface area contributed by atoms with Crippen molar-refractivity contribution in [2.24, 2.45) is 0 Å². The molecule has 0 bridgehead atoms. The first-order valence-corrected chi connectivity index (χ1v) is 7.56. The van der Waals surface area contributed by atoms with Gasteiger partial charge in [-0.05, 0) is 18.2 Å². The maximum Gasteiger partial charge on any atom is 0.207 e. The molecule has 0 saturated carbocycles. The van der Waals surface area contributed by atoms with E-state index in [1.54, 1.807) is 30.3 Å². The summed E-state index contributed by atoms with van der Waals surface area (Å²) in [6, 6.07) is 8.56. The van der Waals surface area contributed by atoms with Crippen LogP contribution in [-0.4, -0.2) is 15.6 Å². The first-order chi connectivity index (χ1) is 10.1. The number of para-hydroxylation sites is 1. The second-order valence-corrected chi connectivity index (χ2v) is 6.63. The van der Waals surface area contributed by atoms with Crippen molar-refractivity contribution in [1.29, 1.82) is 0 Å². The van der Waals surface area contributed by atoms with Crippen LogP contribution in [0.25, 0.3) is 10.9 Å². The summed E-state index contributed by atoms with van der Waals surface area (Å²) in [5.41, 5.74) is 0.804. The minimum Gasteiger partial charge on any atom is -0.292 e. The topological polar surface area (TPSA) is 52.0 Å². The van der Waals surface area contributed by atoms with Crippen LogP contribution in [0.2, 0.25) is 8.67 Å². The van der Waals surface area contributed by atoms with E-state index in [4.69, 9.17) is 23.2 Å². The number of thiophene rings is 1. The smallest absolute Gasteiger partial charge is 0.207 e. The third-order valence-corrected chi connectivity index (χ3v) is 4.50. The summed E-state index contributed by atoms with van der Waals surface area (Å²) in [4.78, 5) is 24.0. The van der Waals surface area contributed by atoms with Crippen LogP contribution in [-0.2, 0) is 6.54 Å². The molecule has 0 fully saturated rings. The van der Waals surface area contributed by atoms with Crippen LogP contribution in [0.5, 0.6) is 0 Å². The number of fused-ring (bicyclic) bond motifs is 1. The van der Waals surface area contributed by atoms with Gasteiger partial charge >= 0.3 is 0 Å². The van der Waals surface area contributed by atoms with Gasteiger partial charge < -0.3 is 0 Å². The Morgan fingerprint density at radius 1 is 1.29 bits per heavy atom. The van der Waals surface area contributed by atoms with Crippen LogP contribution in [0, 0.1) is 0 Å². The first-order valence-electron chi connectivity index (χ1n) is 5.99. The zero-order chi connectivity index (χ0) is 15.0. The predicted octanol–water partition coefficient (Wildman–Crippen LogP) is 3.65. The van der Waals surface area contributed by atoms with E-state index < -0.39 is 0 Å². The minimum absolute atomic E-state index is 0.00637. The molecule has 2 heterocycles. The van der Waals surface area contributed by atoms with Crippen LogP contribution in [0.15, 0.2) is 41.3 Å². The highest BCUT2D eigenvalue weighted by molar-refractivity contribution is 7.20. The fourth-order valence-electron chi connectivity index (χ4n) is 2.04. The lowest BCUT2D eigenvalue weighted by atomic mass is 10.2. The van der Waals surface area contributed by atoms with E-state index in [1.807, 2.05) is 0 Å². The van der Waals surface area contributed by atoms with Gasteiger partial charge in [-0.3, -0.25) is 14.3 Å². The number of hydrogen-bond acceptors (Lipinski definition) is 4. The van der Waals surface area contributed by atoms with E-state index in [2.05, 4.69) is 5.10 Å². The minimum atomic E-state index is -0.204. The number of Topliss-reactive ketones (excluding diaryl/α,β-unsaturated/α-hetero) is 1. The van der Waals surface area contributed by atoms with E-state index in [-0.39, 0.29) is 17.8 Å². The van der Waals surface area contributed by atoms with E-state index in [0.29, 0.717) is 25.1 Å². The van der Waals surface area contributed by atoms with Gasteiger partial charge in [-0.1, -0.05) is 35.3 Å². The summed E-state index contributed by atoms with van der Waals surface area (Å²) in [6.07, 6.45) is 1.21. The normalized spacial score (nSPS) is 11.0. The number of benzene rings is 1. The molecule has 0 saturated heterocycles. The summed E-state index contributed by atoms with van der Waals surface area (Å²) in [7, 11) is 0. The number of carbonyl (C=O) groups is 1. The van der Waals surface area contributed by atoms with Gasteiger partial charge in [0.25, 0.3) is 0 Å². The molecule has 0 spiro atoms.